The Balaban J connectivity index is 2.14. The molecular formula is C14H20F2N2. The van der Waals surface area contributed by atoms with Crippen molar-refractivity contribution in [3.63, 3.8) is 0 Å². The summed E-state index contributed by atoms with van der Waals surface area (Å²) < 4.78 is 25.2. The van der Waals surface area contributed by atoms with Gasteiger partial charge in [-0.05, 0) is 38.3 Å². The van der Waals surface area contributed by atoms with E-state index < -0.39 is 12.5 Å². The molecule has 0 saturated carbocycles. The Kier molecular flexibility index (Phi) is 4.39. The minimum Gasteiger partial charge on any atom is -0.375 e. The molecule has 18 heavy (non-hydrogen) atoms. The second kappa shape index (κ2) is 6.03. The number of benzene rings is 1. The van der Waals surface area contributed by atoms with E-state index in [9.17, 15) is 8.78 Å². The van der Waals surface area contributed by atoms with Crippen molar-refractivity contribution in [2.45, 2.75) is 38.7 Å². The van der Waals surface area contributed by atoms with Crippen molar-refractivity contribution in [2.75, 3.05) is 23.3 Å². The molecule has 0 aromatic heterocycles. The zero-order valence-electron chi connectivity index (χ0n) is 10.7. The number of hydrogen-bond donors (Lipinski definition) is 1. The van der Waals surface area contributed by atoms with E-state index >= 15 is 0 Å². The summed E-state index contributed by atoms with van der Waals surface area (Å²) in [6, 6.07) is 6.90. The molecule has 1 saturated heterocycles. The number of anilines is 2. The zero-order chi connectivity index (χ0) is 13.0. The third-order valence-corrected chi connectivity index (χ3v) is 3.36. The maximum absolute atomic E-state index is 12.6. The fraction of sp³-hybridized carbons (Fsp3) is 0.571. The van der Waals surface area contributed by atoms with Crippen LogP contribution in [0.4, 0.5) is 20.2 Å². The predicted octanol–water partition coefficient (Wildman–Crippen LogP) is 3.74. The maximum Gasteiger partial charge on any atom is 0.258 e. The molecule has 1 fully saturated rings. The van der Waals surface area contributed by atoms with Crippen LogP contribution in [0.1, 0.15) is 26.2 Å². The van der Waals surface area contributed by atoms with Crippen LogP contribution in [0.3, 0.4) is 0 Å². The van der Waals surface area contributed by atoms with Gasteiger partial charge in [0.2, 0.25) is 0 Å². The highest BCUT2D eigenvalue weighted by Crippen LogP contribution is 2.29. The average molecular weight is 254 g/mol. The van der Waals surface area contributed by atoms with Crippen molar-refractivity contribution < 1.29 is 8.78 Å². The smallest absolute Gasteiger partial charge is 0.258 e. The van der Waals surface area contributed by atoms with Crippen LogP contribution in [0.25, 0.3) is 0 Å². The van der Waals surface area contributed by atoms with Gasteiger partial charge in [-0.15, -0.1) is 0 Å². The molecule has 2 rings (SSSR count). The van der Waals surface area contributed by atoms with E-state index in [-0.39, 0.29) is 0 Å². The average Bonchev–Trinajstić information content (AvgIpc) is 2.40. The van der Waals surface area contributed by atoms with Gasteiger partial charge >= 0.3 is 0 Å². The van der Waals surface area contributed by atoms with Gasteiger partial charge in [-0.1, -0.05) is 12.1 Å². The molecule has 1 aliphatic rings. The van der Waals surface area contributed by atoms with Crippen molar-refractivity contribution >= 4 is 11.4 Å². The first-order valence-electron chi connectivity index (χ1n) is 6.57. The molecule has 0 spiro atoms. The number of rotatable bonds is 4. The van der Waals surface area contributed by atoms with Gasteiger partial charge in [-0.25, -0.2) is 8.78 Å². The van der Waals surface area contributed by atoms with E-state index in [1.807, 2.05) is 24.3 Å². The lowest BCUT2D eigenvalue weighted by molar-refractivity contribution is 0.131. The zero-order valence-corrected chi connectivity index (χ0v) is 10.7. The quantitative estimate of drug-likeness (QED) is 0.880. The Bertz CT molecular complexity index is 376. The van der Waals surface area contributed by atoms with E-state index in [1.54, 1.807) is 0 Å². The molecule has 0 amide bonds. The van der Waals surface area contributed by atoms with Gasteiger partial charge in [0.1, 0.15) is 0 Å². The highest BCUT2D eigenvalue weighted by atomic mass is 19.3. The molecule has 1 aromatic carbocycles. The third-order valence-electron chi connectivity index (χ3n) is 3.36. The van der Waals surface area contributed by atoms with E-state index in [0.717, 1.165) is 24.5 Å². The summed E-state index contributed by atoms with van der Waals surface area (Å²) in [6.07, 6.45) is 1.27. The van der Waals surface area contributed by atoms with Crippen LogP contribution in [0.15, 0.2) is 24.3 Å². The Hall–Kier alpha value is -1.32. The molecule has 4 heteroatoms. The van der Waals surface area contributed by atoms with Crippen LogP contribution in [-0.4, -0.2) is 25.6 Å². The summed E-state index contributed by atoms with van der Waals surface area (Å²) in [5.74, 6) is 0. The topological polar surface area (TPSA) is 15.3 Å². The summed E-state index contributed by atoms with van der Waals surface area (Å²) in [5, 5.41) is 2.92. The van der Waals surface area contributed by atoms with Crippen molar-refractivity contribution in [2.24, 2.45) is 0 Å². The summed E-state index contributed by atoms with van der Waals surface area (Å²) in [5.41, 5.74) is 1.86. The first-order valence-corrected chi connectivity index (χ1v) is 6.57. The molecule has 0 radical (unpaired) electrons. The van der Waals surface area contributed by atoms with E-state index in [0.29, 0.717) is 0 Å². The molecule has 100 valence electrons. The van der Waals surface area contributed by atoms with Gasteiger partial charge in [0.15, 0.2) is 0 Å². The Labute approximate surface area is 107 Å². The molecule has 1 atom stereocenters. The van der Waals surface area contributed by atoms with Crippen LogP contribution < -0.4 is 10.2 Å². The van der Waals surface area contributed by atoms with Crippen LogP contribution >= 0.6 is 0 Å². The Morgan fingerprint density at radius 3 is 2.44 bits per heavy atom. The summed E-state index contributed by atoms with van der Waals surface area (Å²) in [7, 11) is 0. The van der Waals surface area contributed by atoms with Gasteiger partial charge < -0.3 is 10.2 Å². The molecule has 1 N–H and O–H groups in total. The van der Waals surface area contributed by atoms with Crippen molar-refractivity contribution in [3.8, 4) is 0 Å². The van der Waals surface area contributed by atoms with Crippen molar-refractivity contribution in [1.82, 2.24) is 0 Å². The van der Waals surface area contributed by atoms with E-state index in [2.05, 4.69) is 10.2 Å². The van der Waals surface area contributed by atoms with Gasteiger partial charge in [0, 0.05) is 13.1 Å². The van der Waals surface area contributed by atoms with Crippen molar-refractivity contribution in [1.29, 1.82) is 0 Å². The molecule has 0 aliphatic carbocycles. The van der Waals surface area contributed by atoms with Crippen LogP contribution in [0.2, 0.25) is 0 Å². The lowest BCUT2D eigenvalue weighted by Crippen LogP contribution is -2.31. The predicted molar refractivity (Wildman–Crippen MR) is 71.6 cm³/mol. The third kappa shape index (κ3) is 3.12. The first-order chi connectivity index (χ1) is 8.68. The van der Waals surface area contributed by atoms with Gasteiger partial charge in [-0.2, -0.15) is 0 Å². The molecule has 1 heterocycles. The number of nitrogens with zero attached hydrogens (tertiary/aromatic N) is 1. The highest BCUT2D eigenvalue weighted by Gasteiger charge is 2.18. The lowest BCUT2D eigenvalue weighted by Gasteiger charge is -2.31. The summed E-state index contributed by atoms with van der Waals surface area (Å²) in [6.45, 7) is 3.54. The van der Waals surface area contributed by atoms with Gasteiger partial charge in [0.05, 0.1) is 17.4 Å². The Morgan fingerprint density at radius 1 is 1.11 bits per heavy atom. The second-order valence-electron chi connectivity index (χ2n) is 4.83. The van der Waals surface area contributed by atoms with Gasteiger partial charge in [-0.3, -0.25) is 0 Å². The molecular weight excluding hydrogens is 234 g/mol. The molecule has 1 aromatic rings. The minimum atomic E-state index is -2.35. The number of hydrogen-bond acceptors (Lipinski definition) is 2. The Morgan fingerprint density at radius 2 is 1.78 bits per heavy atom. The highest BCUT2D eigenvalue weighted by molar-refractivity contribution is 5.70. The maximum atomic E-state index is 12.6. The minimum absolute atomic E-state index is 0.812. The second-order valence-corrected chi connectivity index (χ2v) is 4.83. The lowest BCUT2D eigenvalue weighted by atomic mass is 10.1. The molecule has 2 nitrogen and oxygen atoms in total. The summed E-state index contributed by atoms with van der Waals surface area (Å²) in [4.78, 5) is 2.28. The normalized spacial score (nSPS) is 17.9. The molecule has 1 unspecified atom stereocenters. The number of alkyl halides is 2. The molecule has 0 bridgehead atoms. The van der Waals surface area contributed by atoms with E-state index in [4.69, 9.17) is 0 Å². The van der Waals surface area contributed by atoms with Crippen molar-refractivity contribution in [3.05, 3.63) is 24.3 Å². The fourth-order valence-corrected chi connectivity index (χ4v) is 2.31. The SMILES string of the molecule is CC(Nc1ccccc1N1CCCCC1)C(F)F. The van der Waals surface area contributed by atoms with E-state index in [1.165, 1.54) is 26.2 Å². The van der Waals surface area contributed by atoms with Crippen LogP contribution in [0, 0.1) is 0 Å². The number of piperidine rings is 1. The molecule has 1 aliphatic heterocycles. The standard InChI is InChI=1S/C14H20F2N2/c1-11(14(15)16)17-12-7-3-4-8-13(12)18-9-5-2-6-10-18/h3-4,7-8,11,14,17H,2,5-6,9-10H2,1H3. The van der Waals surface area contributed by atoms with Crippen LogP contribution in [0.5, 0.6) is 0 Å². The number of halogens is 2. The fourth-order valence-electron chi connectivity index (χ4n) is 2.31. The van der Waals surface area contributed by atoms with Gasteiger partial charge in [0.25, 0.3) is 6.43 Å². The number of para-hydroxylation sites is 2. The largest absolute Gasteiger partial charge is 0.375 e. The number of nitrogens with one attached hydrogen (secondary N) is 1. The summed E-state index contributed by atoms with van der Waals surface area (Å²) >= 11 is 0. The monoisotopic (exact) mass is 254 g/mol. The van der Waals surface area contributed by atoms with Crippen LogP contribution in [-0.2, 0) is 0 Å². The first kappa shape index (κ1) is 13.1.